The zero-order valence-corrected chi connectivity index (χ0v) is 37.7. The minimum atomic E-state index is -0.659. The van der Waals surface area contributed by atoms with Gasteiger partial charge in [0.25, 0.3) is 0 Å². The number of benzene rings is 2. The second kappa shape index (κ2) is 37.2. The van der Waals surface area contributed by atoms with Crippen LogP contribution in [0.3, 0.4) is 0 Å². The van der Waals surface area contributed by atoms with Crippen LogP contribution in [0.25, 0.3) is 16.7 Å². The first kappa shape index (κ1) is 58.2. The van der Waals surface area contributed by atoms with Crippen LogP contribution in [0.15, 0.2) is 60.8 Å². The summed E-state index contributed by atoms with van der Waals surface area (Å²) in [4.78, 5) is 59.2. The molecule has 0 atom stereocenters. The van der Waals surface area contributed by atoms with Gasteiger partial charge in [0.05, 0.1) is 38.3 Å². The zero-order chi connectivity index (χ0) is 47.2. The normalized spacial score (nSPS) is 9.33. The molecule has 61 heavy (non-hydrogen) atoms. The number of nitrogens with zero attached hydrogens (tertiary/aromatic N) is 3. The molecule has 0 aliphatic heterocycles. The Hall–Kier alpha value is -7.09. The van der Waals surface area contributed by atoms with E-state index in [9.17, 15) is 19.2 Å². The monoisotopic (exact) mass is 838 g/mol. The van der Waals surface area contributed by atoms with Crippen LogP contribution in [0.1, 0.15) is 96.7 Å². The van der Waals surface area contributed by atoms with Crippen molar-refractivity contribution < 1.29 is 28.7 Å². The Labute approximate surface area is 365 Å². The van der Waals surface area contributed by atoms with E-state index < -0.39 is 12.2 Å². The van der Waals surface area contributed by atoms with Gasteiger partial charge in [-0.05, 0) is 55.7 Å². The van der Waals surface area contributed by atoms with Crippen LogP contribution in [0.5, 0.6) is 0 Å². The lowest BCUT2D eigenvalue weighted by molar-refractivity contribution is -0.131. The Morgan fingerprint density at radius 1 is 0.754 bits per heavy atom. The highest BCUT2D eigenvalue weighted by molar-refractivity contribution is 5.83. The Balaban J connectivity index is -0.00000253. The fraction of sp³-hybridized carbons (Fsp3) is 0.396. The number of terminal acetylenes is 3. The number of hydrogen-bond acceptors (Lipinski definition) is 8. The molecule has 0 aliphatic carbocycles. The Kier molecular flexibility index (Phi) is 35.5. The molecule has 3 aromatic rings. The fourth-order valence-electron chi connectivity index (χ4n) is 4.83. The molecule has 0 bridgehead atoms. The van der Waals surface area contributed by atoms with Gasteiger partial charge in [0.2, 0.25) is 11.8 Å². The van der Waals surface area contributed by atoms with Crippen LogP contribution in [-0.2, 0) is 25.6 Å². The van der Waals surface area contributed by atoms with Crippen molar-refractivity contribution in [1.29, 1.82) is 0 Å². The molecule has 0 radical (unpaired) electrons. The summed E-state index contributed by atoms with van der Waals surface area (Å²) in [5.74, 6) is 6.58. The largest absolute Gasteiger partial charge is 0.453 e. The van der Waals surface area contributed by atoms with Crippen LogP contribution < -0.4 is 16.0 Å². The molecule has 0 fully saturated rings. The maximum Gasteiger partial charge on any atom is 0.407 e. The number of aromatic nitrogens is 2. The fourth-order valence-corrected chi connectivity index (χ4v) is 4.83. The number of methoxy groups -OCH3 is 2. The summed E-state index contributed by atoms with van der Waals surface area (Å²) in [5, 5.41) is 8.16. The molecule has 4 N–H and O–H groups in total. The summed E-state index contributed by atoms with van der Waals surface area (Å²) < 4.78 is 9.09. The summed E-state index contributed by atoms with van der Waals surface area (Å²) in [5.41, 5.74) is 5.59. The quantitative estimate of drug-likeness (QED) is 0.114. The number of rotatable bonds is 15. The number of hydrogen-bond donors (Lipinski definition) is 4. The number of carbonyl (C=O) groups excluding carboxylic acids is 4. The van der Waals surface area contributed by atoms with Gasteiger partial charge in [-0.3, -0.25) is 9.59 Å². The summed E-state index contributed by atoms with van der Waals surface area (Å²) in [6.45, 7) is 19.8. The van der Waals surface area contributed by atoms with E-state index in [0.29, 0.717) is 24.6 Å². The van der Waals surface area contributed by atoms with Gasteiger partial charge < -0.3 is 40.2 Å². The first-order valence-electron chi connectivity index (χ1n) is 19.8. The third kappa shape index (κ3) is 24.4. The van der Waals surface area contributed by atoms with E-state index >= 15 is 0 Å². The number of nitrogens with one attached hydrogen (secondary N) is 4. The maximum absolute atomic E-state index is 12.7. The van der Waals surface area contributed by atoms with Crippen molar-refractivity contribution in [3.8, 4) is 50.4 Å². The van der Waals surface area contributed by atoms with E-state index in [1.165, 1.54) is 27.1 Å². The summed E-state index contributed by atoms with van der Waals surface area (Å²) in [6.07, 6.45) is 28.6. The molecule has 330 valence electrons. The number of ether oxygens (including phenoxy) is 2. The van der Waals surface area contributed by atoms with E-state index in [2.05, 4.69) is 120 Å². The van der Waals surface area contributed by atoms with Crippen LogP contribution in [0, 0.1) is 50.4 Å². The minimum absolute atomic E-state index is 0.158. The molecular weight excluding hydrogens is 771 g/mol. The molecule has 4 amide bonds. The number of amides is 4. The summed E-state index contributed by atoms with van der Waals surface area (Å²) in [6, 6.07) is 13.5. The average molecular weight is 838 g/mol. The molecule has 2 aromatic carbocycles. The standard InChI is InChI=1S/C36H45N7O6.2C3H8.3C2H2/c1-7-18-42(33(44)21-37-35(46)48-5)23-25(4)39-29(9-3)28-15-12-26(13-16-28)10-11-27-14-17-30-31(20-27)41-32(40-30)24-43(19-8-2)34(45)22-38-36(47)49-6;2*1-3-2;3*1-2/h9,12-17,20,39H,4,7-8,18-19,21-24H2,1-3,5-6H3,(H,37,46)(H,38,47)(H,40,41);2*3H2,1-2H3;3*1-2H/b29-9-;;;;;. The van der Waals surface area contributed by atoms with Crippen molar-refractivity contribution in [2.45, 2.75) is 80.7 Å². The molecule has 0 saturated carbocycles. The third-order valence-electron chi connectivity index (χ3n) is 7.23. The highest BCUT2D eigenvalue weighted by Crippen LogP contribution is 2.17. The molecule has 0 aliphatic rings. The maximum atomic E-state index is 12.7. The molecule has 13 heteroatoms. The van der Waals surface area contributed by atoms with Crippen molar-refractivity contribution in [1.82, 2.24) is 35.7 Å². The number of carbonyl (C=O) groups is 4. The van der Waals surface area contributed by atoms with E-state index in [4.69, 9.17) is 0 Å². The first-order chi connectivity index (χ1) is 29.4. The van der Waals surface area contributed by atoms with Gasteiger partial charge >= 0.3 is 12.2 Å². The highest BCUT2D eigenvalue weighted by Gasteiger charge is 2.17. The molecule has 1 aromatic heterocycles. The molecule has 3 rings (SSSR count). The van der Waals surface area contributed by atoms with Gasteiger partial charge in [-0.2, -0.15) is 0 Å². The average Bonchev–Trinajstić information content (AvgIpc) is 3.69. The minimum Gasteiger partial charge on any atom is -0.453 e. The van der Waals surface area contributed by atoms with Gasteiger partial charge in [0, 0.05) is 35.6 Å². The van der Waals surface area contributed by atoms with Gasteiger partial charge in [0.1, 0.15) is 18.9 Å². The smallest absolute Gasteiger partial charge is 0.407 e. The predicted molar refractivity (Wildman–Crippen MR) is 249 cm³/mol. The molecule has 1 heterocycles. The van der Waals surface area contributed by atoms with Crippen LogP contribution in [0.4, 0.5) is 9.59 Å². The highest BCUT2D eigenvalue weighted by atomic mass is 16.5. The van der Waals surface area contributed by atoms with Crippen LogP contribution in [0.2, 0.25) is 0 Å². The summed E-state index contributed by atoms with van der Waals surface area (Å²) >= 11 is 0. The molecule has 0 spiro atoms. The Morgan fingerprint density at radius 3 is 1.69 bits per heavy atom. The van der Waals surface area contributed by atoms with E-state index in [0.717, 1.165) is 46.3 Å². The number of aromatic amines is 1. The first-order valence-corrected chi connectivity index (χ1v) is 19.8. The summed E-state index contributed by atoms with van der Waals surface area (Å²) in [7, 11) is 2.50. The molecule has 0 unspecified atom stereocenters. The Bertz CT molecular complexity index is 1880. The SMILES string of the molecule is C#C.C#C.C#C.C=C(CN(CCC)C(=O)CNC(=O)OC)N/C(=C\C)c1ccc(C#Cc2ccc3nc(CN(CCC)C(=O)CNC(=O)OC)[nH]c3c2)cc1.CCC.CCC. The van der Waals surface area contributed by atoms with E-state index in [1.54, 1.807) is 9.80 Å². The topological polar surface area (TPSA) is 158 Å². The predicted octanol–water partition coefficient (Wildman–Crippen LogP) is 7.70. The lowest BCUT2D eigenvalue weighted by atomic mass is 10.1. The van der Waals surface area contributed by atoms with Gasteiger partial charge in [-0.15, -0.1) is 38.5 Å². The number of imidazole rings is 1. The lowest BCUT2D eigenvalue weighted by Crippen LogP contribution is -2.42. The Morgan fingerprint density at radius 2 is 1.21 bits per heavy atom. The number of alkyl carbamates (subject to hydrolysis) is 2. The van der Waals surface area contributed by atoms with Crippen molar-refractivity contribution in [2.24, 2.45) is 0 Å². The lowest BCUT2D eigenvalue weighted by Gasteiger charge is -2.24. The van der Waals surface area contributed by atoms with Crippen molar-refractivity contribution in [3.63, 3.8) is 0 Å². The van der Waals surface area contributed by atoms with Crippen molar-refractivity contribution in [2.75, 3.05) is 46.9 Å². The molecule has 0 saturated heterocycles. The number of H-pyrrole nitrogens is 1. The van der Waals surface area contributed by atoms with Gasteiger partial charge in [0.15, 0.2) is 0 Å². The molecule has 13 nitrogen and oxygen atoms in total. The van der Waals surface area contributed by atoms with E-state index in [-0.39, 0.29) is 38.0 Å². The van der Waals surface area contributed by atoms with Gasteiger partial charge in [-0.25, -0.2) is 14.6 Å². The second-order valence-corrected chi connectivity index (χ2v) is 12.4. The number of allylic oxidation sites excluding steroid dienone is 1. The number of fused-ring (bicyclic) bond motifs is 1. The second-order valence-electron chi connectivity index (χ2n) is 12.4. The molecular formula is C48H67N7O6. The van der Waals surface area contributed by atoms with E-state index in [1.807, 2.05) is 69.3 Å². The zero-order valence-electron chi connectivity index (χ0n) is 37.7. The van der Waals surface area contributed by atoms with Gasteiger partial charge in [-0.1, -0.05) is 91.0 Å². The van der Waals surface area contributed by atoms with Crippen LogP contribution in [-0.4, -0.2) is 90.7 Å². The van der Waals surface area contributed by atoms with Crippen LogP contribution >= 0.6 is 0 Å². The third-order valence-corrected chi connectivity index (χ3v) is 7.23. The van der Waals surface area contributed by atoms with Crippen molar-refractivity contribution in [3.05, 3.63) is 83.3 Å². The van der Waals surface area contributed by atoms with Crippen molar-refractivity contribution >= 4 is 40.7 Å².